The molecule has 20 heavy (non-hydrogen) atoms. The highest BCUT2D eigenvalue weighted by molar-refractivity contribution is 5.86. The van der Waals surface area contributed by atoms with Gasteiger partial charge in [-0.1, -0.05) is 36.4 Å². The summed E-state index contributed by atoms with van der Waals surface area (Å²) >= 11 is 0. The minimum absolute atomic E-state index is 0. The van der Waals surface area contributed by atoms with E-state index in [1.807, 2.05) is 36.4 Å². The van der Waals surface area contributed by atoms with Gasteiger partial charge in [0.2, 0.25) is 0 Å². The van der Waals surface area contributed by atoms with Crippen molar-refractivity contribution in [3.63, 3.8) is 0 Å². The first kappa shape index (κ1) is 24.7. The summed E-state index contributed by atoms with van der Waals surface area (Å²) in [4.78, 5) is 0. The molecule has 1 aliphatic rings. The van der Waals surface area contributed by atoms with Gasteiger partial charge in [-0.15, -0.1) is 49.6 Å². The highest BCUT2D eigenvalue weighted by Gasteiger charge is 2.38. The molecule has 0 unspecified atom stereocenters. The summed E-state index contributed by atoms with van der Waals surface area (Å²) in [6.45, 7) is 0. The van der Waals surface area contributed by atoms with E-state index in [1.165, 1.54) is 0 Å². The van der Waals surface area contributed by atoms with E-state index < -0.39 is 11.3 Å². The number of allylic oxidation sites excluding steroid dienone is 2. The van der Waals surface area contributed by atoms with E-state index in [4.69, 9.17) is 22.9 Å². The Balaban J connectivity index is -0.000000722. The summed E-state index contributed by atoms with van der Waals surface area (Å²) in [6, 6.07) is 9.81. The molecule has 0 spiro atoms. The maximum Gasteiger partial charge on any atom is 0.120 e. The van der Waals surface area contributed by atoms with Crippen molar-refractivity contribution in [3.8, 4) is 0 Å². The lowest BCUT2D eigenvalue weighted by Crippen LogP contribution is -2.74. The Morgan fingerprint density at radius 3 is 1.65 bits per heavy atom. The van der Waals surface area contributed by atoms with Crippen LogP contribution in [0.1, 0.15) is 5.56 Å². The fourth-order valence-electron chi connectivity index (χ4n) is 1.61. The third-order valence-corrected chi connectivity index (χ3v) is 2.79. The van der Waals surface area contributed by atoms with Crippen molar-refractivity contribution < 1.29 is 0 Å². The van der Waals surface area contributed by atoms with Crippen LogP contribution in [-0.4, -0.2) is 11.3 Å². The Morgan fingerprint density at radius 1 is 0.700 bits per heavy atom. The highest BCUT2D eigenvalue weighted by Crippen LogP contribution is 2.25. The van der Waals surface area contributed by atoms with Gasteiger partial charge in [0.1, 0.15) is 11.3 Å². The van der Waals surface area contributed by atoms with Crippen LogP contribution in [-0.2, 0) is 0 Å². The van der Waals surface area contributed by atoms with Gasteiger partial charge in [0.15, 0.2) is 0 Å². The first-order valence-corrected chi connectivity index (χ1v) is 5.05. The van der Waals surface area contributed by atoms with Gasteiger partial charge in [0.25, 0.3) is 0 Å². The van der Waals surface area contributed by atoms with Crippen molar-refractivity contribution in [3.05, 3.63) is 54.1 Å². The lowest BCUT2D eigenvalue weighted by molar-refractivity contribution is 0.349. The van der Waals surface area contributed by atoms with Crippen molar-refractivity contribution in [1.82, 2.24) is 0 Å². The molecule has 1 aromatic carbocycles. The maximum absolute atomic E-state index is 5.88. The summed E-state index contributed by atoms with van der Waals surface area (Å²) in [7, 11) is 0. The van der Waals surface area contributed by atoms with Gasteiger partial charge in [0, 0.05) is 0 Å². The number of nitrogens with two attached hydrogens (primary N) is 4. The minimum Gasteiger partial charge on any atom is -0.307 e. The standard InChI is InChI=1S/C12H16N4.4ClH/c13-11(14)7-6-10(8-12(11,15)16)9-4-2-1-3-5-9;;;;/h1-8H,13-16H2;4*1H. The summed E-state index contributed by atoms with van der Waals surface area (Å²) in [5.74, 6) is 0. The molecule has 0 amide bonds. The average molecular weight is 362 g/mol. The van der Waals surface area contributed by atoms with Gasteiger partial charge in [-0.3, -0.25) is 0 Å². The maximum atomic E-state index is 5.88. The van der Waals surface area contributed by atoms with Crippen LogP contribution in [0.3, 0.4) is 0 Å². The largest absolute Gasteiger partial charge is 0.307 e. The molecule has 2 rings (SSSR count). The van der Waals surface area contributed by atoms with Crippen LogP contribution < -0.4 is 22.9 Å². The van der Waals surface area contributed by atoms with Gasteiger partial charge < -0.3 is 22.9 Å². The van der Waals surface area contributed by atoms with Crippen LogP contribution >= 0.6 is 49.6 Å². The molecular weight excluding hydrogens is 342 g/mol. The van der Waals surface area contributed by atoms with Gasteiger partial charge in [0.05, 0.1) is 0 Å². The minimum atomic E-state index is -1.24. The smallest absolute Gasteiger partial charge is 0.120 e. The number of benzene rings is 1. The first-order chi connectivity index (χ1) is 7.42. The van der Waals surface area contributed by atoms with Crippen molar-refractivity contribution in [2.45, 2.75) is 11.3 Å². The lowest BCUT2D eigenvalue weighted by Gasteiger charge is -2.38. The third kappa shape index (κ3) is 4.91. The van der Waals surface area contributed by atoms with E-state index in [-0.39, 0.29) is 49.6 Å². The third-order valence-electron chi connectivity index (χ3n) is 2.79. The van der Waals surface area contributed by atoms with Crippen molar-refractivity contribution in [1.29, 1.82) is 0 Å². The van der Waals surface area contributed by atoms with Gasteiger partial charge in [-0.05, 0) is 23.3 Å². The van der Waals surface area contributed by atoms with Crippen LogP contribution in [0.4, 0.5) is 0 Å². The highest BCUT2D eigenvalue weighted by atomic mass is 35.5. The molecule has 1 aromatic rings. The molecule has 0 saturated heterocycles. The van der Waals surface area contributed by atoms with Crippen LogP contribution in [0, 0.1) is 0 Å². The molecule has 8 N–H and O–H groups in total. The molecule has 0 aromatic heterocycles. The topological polar surface area (TPSA) is 104 Å². The van der Waals surface area contributed by atoms with Crippen LogP contribution in [0.15, 0.2) is 48.6 Å². The van der Waals surface area contributed by atoms with Crippen molar-refractivity contribution in [2.24, 2.45) is 22.9 Å². The SMILES string of the molecule is Cl.Cl.Cl.Cl.NC1(N)C=CC(c2ccccc2)=CC1(N)N. The number of hydrogen-bond donors (Lipinski definition) is 4. The van der Waals surface area contributed by atoms with Crippen molar-refractivity contribution >= 4 is 55.2 Å². The molecular formula is C12H20Cl4N4. The summed E-state index contributed by atoms with van der Waals surface area (Å²) < 4.78 is 0. The van der Waals surface area contributed by atoms with E-state index >= 15 is 0 Å². The summed E-state index contributed by atoms with van der Waals surface area (Å²) in [6.07, 6.45) is 5.17. The fourth-order valence-corrected chi connectivity index (χ4v) is 1.61. The Hall–Kier alpha value is -0.300. The molecule has 0 aliphatic heterocycles. The van der Waals surface area contributed by atoms with Gasteiger partial charge in [-0.2, -0.15) is 0 Å². The van der Waals surface area contributed by atoms with E-state index in [0.717, 1.165) is 11.1 Å². The zero-order chi connectivity index (χ0) is 11.8. The molecule has 0 bridgehead atoms. The van der Waals surface area contributed by atoms with Gasteiger partial charge >= 0.3 is 0 Å². The summed E-state index contributed by atoms with van der Waals surface area (Å²) in [5, 5.41) is 0. The molecule has 0 saturated carbocycles. The predicted molar refractivity (Wildman–Crippen MR) is 94.8 cm³/mol. The molecule has 0 heterocycles. The van der Waals surface area contributed by atoms with E-state index in [9.17, 15) is 0 Å². The van der Waals surface area contributed by atoms with E-state index in [1.54, 1.807) is 12.2 Å². The molecule has 4 nitrogen and oxygen atoms in total. The zero-order valence-electron chi connectivity index (χ0n) is 10.6. The van der Waals surface area contributed by atoms with Crippen molar-refractivity contribution in [2.75, 3.05) is 0 Å². The second-order valence-electron chi connectivity index (χ2n) is 4.17. The van der Waals surface area contributed by atoms with Crippen LogP contribution in [0.5, 0.6) is 0 Å². The predicted octanol–water partition coefficient (Wildman–Crippen LogP) is 1.55. The molecule has 1 aliphatic carbocycles. The second-order valence-corrected chi connectivity index (χ2v) is 4.17. The fraction of sp³-hybridized carbons (Fsp3) is 0.167. The Kier molecular flexibility index (Phi) is 11.0. The second kappa shape index (κ2) is 8.87. The normalized spacial score (nSPS) is 17.3. The Labute approximate surface area is 143 Å². The van der Waals surface area contributed by atoms with Crippen LogP contribution in [0.2, 0.25) is 0 Å². The first-order valence-electron chi connectivity index (χ1n) is 5.05. The van der Waals surface area contributed by atoms with Gasteiger partial charge in [-0.25, -0.2) is 0 Å². The molecule has 116 valence electrons. The Morgan fingerprint density at radius 2 is 1.20 bits per heavy atom. The zero-order valence-corrected chi connectivity index (χ0v) is 13.8. The van der Waals surface area contributed by atoms with E-state index in [2.05, 4.69) is 0 Å². The molecule has 0 radical (unpaired) electrons. The number of halogens is 4. The quantitative estimate of drug-likeness (QED) is 0.569. The lowest BCUT2D eigenvalue weighted by atomic mass is 9.86. The monoisotopic (exact) mass is 360 g/mol. The molecule has 0 atom stereocenters. The number of hydrogen-bond acceptors (Lipinski definition) is 4. The molecule has 8 heteroatoms. The van der Waals surface area contributed by atoms with Crippen LogP contribution in [0.25, 0.3) is 5.57 Å². The molecule has 0 fully saturated rings. The number of rotatable bonds is 1. The summed E-state index contributed by atoms with van der Waals surface area (Å²) in [5.41, 5.74) is 22.9. The van der Waals surface area contributed by atoms with E-state index in [0.29, 0.717) is 0 Å². The average Bonchev–Trinajstić information content (AvgIpc) is 2.23. The Bertz CT molecular complexity index is 458.